The molecule has 0 fully saturated rings. The molecule has 7 heteroatoms. The van der Waals surface area contributed by atoms with Crippen LogP contribution in [-0.4, -0.2) is 19.9 Å². The third-order valence-corrected chi connectivity index (χ3v) is 3.85. The molecule has 127 valence electrons. The van der Waals surface area contributed by atoms with E-state index in [4.69, 9.17) is 0 Å². The summed E-state index contributed by atoms with van der Waals surface area (Å²) in [5.74, 6) is -9.77. The summed E-state index contributed by atoms with van der Waals surface area (Å²) in [6, 6.07) is 6.62. The van der Waals surface area contributed by atoms with Gasteiger partial charge >= 0.3 is 0 Å². The van der Waals surface area contributed by atoms with Gasteiger partial charge in [0, 0.05) is 18.3 Å². The van der Waals surface area contributed by atoms with Crippen LogP contribution in [0.4, 0.5) is 27.6 Å². The van der Waals surface area contributed by atoms with Gasteiger partial charge in [0.05, 0.1) is 0 Å². The van der Waals surface area contributed by atoms with E-state index in [1.807, 2.05) is 25.7 Å². The van der Waals surface area contributed by atoms with E-state index in [1.54, 1.807) is 31.3 Å². The monoisotopic (exact) mass is 340 g/mol. The molecule has 0 saturated carbocycles. The number of hydrogen-bond acceptors (Lipinski definition) is 1. The summed E-state index contributed by atoms with van der Waals surface area (Å²) < 4.78 is 67.7. The fourth-order valence-electron chi connectivity index (χ4n) is 2.18. The zero-order valence-corrected chi connectivity index (χ0v) is 13.7. The Morgan fingerprint density at radius 1 is 0.792 bits per heavy atom. The maximum absolute atomic E-state index is 13.9. The van der Waals surface area contributed by atoms with Gasteiger partial charge < -0.3 is 4.90 Å². The van der Waals surface area contributed by atoms with E-state index < -0.39 is 34.5 Å². The SMILES string of the molecule is CN(c1ccccc1[B]c1c(F)c(F)c(F)c(F)c1F)C(C)(C)C. The molecule has 2 aromatic rings. The number of para-hydroxylation sites is 1. The molecule has 0 spiro atoms. The minimum atomic E-state index is -2.16. The first-order valence-electron chi connectivity index (χ1n) is 7.24. The molecule has 24 heavy (non-hydrogen) atoms. The molecule has 0 N–H and O–H groups in total. The van der Waals surface area contributed by atoms with E-state index in [2.05, 4.69) is 0 Å². The van der Waals surface area contributed by atoms with Gasteiger partial charge in [-0.05, 0) is 32.3 Å². The van der Waals surface area contributed by atoms with Crippen LogP contribution in [0.2, 0.25) is 0 Å². The second kappa shape index (κ2) is 6.45. The normalized spacial score (nSPS) is 11.5. The van der Waals surface area contributed by atoms with Crippen LogP contribution in [0.5, 0.6) is 0 Å². The van der Waals surface area contributed by atoms with E-state index in [0.717, 1.165) is 7.28 Å². The standard InChI is InChI=1S/C17H16BF5N/c1-17(2,3)24(4)10-8-6-5-7-9(10)18-11-12(19)14(21)16(23)15(22)13(11)20/h5-8H,1-4H3. The average Bonchev–Trinajstić information content (AvgIpc) is 2.54. The maximum atomic E-state index is 13.9. The van der Waals surface area contributed by atoms with Crippen molar-refractivity contribution in [3.63, 3.8) is 0 Å². The van der Waals surface area contributed by atoms with Gasteiger partial charge in [-0.25, -0.2) is 22.0 Å². The highest BCUT2D eigenvalue weighted by molar-refractivity contribution is 6.69. The number of nitrogens with zero attached hydrogens (tertiary/aromatic N) is 1. The third kappa shape index (κ3) is 3.25. The van der Waals surface area contributed by atoms with Gasteiger partial charge in [-0.3, -0.25) is 0 Å². The van der Waals surface area contributed by atoms with Gasteiger partial charge in [0.25, 0.3) is 0 Å². The molecular weight excluding hydrogens is 324 g/mol. The fraction of sp³-hybridized carbons (Fsp3) is 0.294. The Morgan fingerprint density at radius 2 is 1.25 bits per heavy atom. The molecule has 2 aromatic carbocycles. The smallest absolute Gasteiger partial charge is 0.202 e. The largest absolute Gasteiger partial charge is 0.370 e. The van der Waals surface area contributed by atoms with Gasteiger partial charge in [-0.2, -0.15) is 0 Å². The van der Waals surface area contributed by atoms with E-state index in [-0.39, 0.29) is 5.54 Å². The van der Waals surface area contributed by atoms with Crippen LogP contribution >= 0.6 is 0 Å². The Morgan fingerprint density at radius 3 is 1.75 bits per heavy atom. The minimum Gasteiger partial charge on any atom is -0.370 e. The van der Waals surface area contributed by atoms with Crippen LogP contribution in [0.15, 0.2) is 24.3 Å². The summed E-state index contributed by atoms with van der Waals surface area (Å²) in [4.78, 5) is 1.85. The summed E-state index contributed by atoms with van der Waals surface area (Å²) in [6.45, 7) is 5.80. The minimum absolute atomic E-state index is 0.305. The molecule has 1 radical (unpaired) electrons. The molecule has 0 aromatic heterocycles. The zero-order chi connectivity index (χ0) is 18.2. The summed E-state index contributed by atoms with van der Waals surface area (Å²) in [5.41, 5.74) is -0.311. The van der Waals surface area contributed by atoms with E-state index in [1.165, 1.54) is 0 Å². The van der Waals surface area contributed by atoms with Gasteiger partial charge in [-0.15, -0.1) is 0 Å². The summed E-state index contributed by atoms with van der Waals surface area (Å²) in [6.07, 6.45) is 0. The molecule has 0 atom stereocenters. The molecular formula is C17H16BF5N. The lowest BCUT2D eigenvalue weighted by Gasteiger charge is -2.35. The second-order valence-corrected chi connectivity index (χ2v) is 6.42. The van der Waals surface area contributed by atoms with E-state index in [0.29, 0.717) is 11.2 Å². The Bertz CT molecular complexity index is 741. The first-order valence-corrected chi connectivity index (χ1v) is 7.24. The van der Waals surface area contributed by atoms with Crippen LogP contribution in [0, 0.1) is 29.1 Å². The molecule has 0 saturated heterocycles. The number of anilines is 1. The molecule has 0 heterocycles. The van der Waals surface area contributed by atoms with Gasteiger partial charge in [0.2, 0.25) is 7.28 Å². The Kier molecular flexibility index (Phi) is 4.92. The average molecular weight is 340 g/mol. The fourth-order valence-corrected chi connectivity index (χ4v) is 2.18. The van der Waals surface area contributed by atoms with Crippen LogP contribution in [0.25, 0.3) is 0 Å². The molecule has 0 aliphatic carbocycles. The topological polar surface area (TPSA) is 3.24 Å². The van der Waals surface area contributed by atoms with Crippen molar-refractivity contribution in [1.29, 1.82) is 0 Å². The summed E-state index contributed by atoms with van der Waals surface area (Å²) in [5, 5.41) is 0. The lowest BCUT2D eigenvalue weighted by Crippen LogP contribution is -2.44. The Balaban J connectivity index is 2.55. The van der Waals surface area contributed by atoms with Crippen LogP contribution in [-0.2, 0) is 0 Å². The van der Waals surface area contributed by atoms with Gasteiger partial charge in [-0.1, -0.05) is 23.7 Å². The Labute approximate surface area is 138 Å². The Hall–Kier alpha value is -2.05. The number of benzene rings is 2. The number of hydrogen-bond donors (Lipinski definition) is 0. The van der Waals surface area contributed by atoms with Gasteiger partial charge in [0.1, 0.15) is 0 Å². The second-order valence-electron chi connectivity index (χ2n) is 6.42. The van der Waals surface area contributed by atoms with Crippen molar-refractivity contribution in [3.8, 4) is 0 Å². The predicted molar refractivity (Wildman–Crippen MR) is 85.9 cm³/mol. The maximum Gasteiger partial charge on any atom is 0.202 e. The highest BCUT2D eigenvalue weighted by Crippen LogP contribution is 2.20. The number of halogens is 5. The van der Waals surface area contributed by atoms with Crippen molar-refractivity contribution in [3.05, 3.63) is 53.4 Å². The van der Waals surface area contributed by atoms with Crippen molar-refractivity contribution in [1.82, 2.24) is 0 Å². The summed E-state index contributed by atoms with van der Waals surface area (Å²) >= 11 is 0. The lowest BCUT2D eigenvalue weighted by molar-refractivity contribution is 0.384. The quantitative estimate of drug-likeness (QED) is 0.359. The molecule has 0 aliphatic rings. The van der Waals surface area contributed by atoms with Crippen molar-refractivity contribution >= 4 is 23.9 Å². The van der Waals surface area contributed by atoms with Gasteiger partial charge in [0.15, 0.2) is 29.1 Å². The van der Waals surface area contributed by atoms with E-state index >= 15 is 0 Å². The first kappa shape index (κ1) is 18.3. The highest BCUT2D eigenvalue weighted by Gasteiger charge is 2.27. The molecule has 1 nitrogen and oxygen atoms in total. The molecule has 0 amide bonds. The zero-order valence-electron chi connectivity index (χ0n) is 13.7. The highest BCUT2D eigenvalue weighted by atomic mass is 19.2. The summed E-state index contributed by atoms with van der Waals surface area (Å²) in [7, 11) is 2.75. The van der Waals surface area contributed by atoms with Crippen LogP contribution in [0.3, 0.4) is 0 Å². The first-order chi connectivity index (χ1) is 11.1. The third-order valence-electron chi connectivity index (χ3n) is 3.85. The lowest BCUT2D eigenvalue weighted by atomic mass is 9.62. The molecule has 0 unspecified atom stereocenters. The predicted octanol–water partition coefficient (Wildman–Crippen LogP) is 3.27. The van der Waals surface area contributed by atoms with Crippen molar-refractivity contribution in [2.75, 3.05) is 11.9 Å². The van der Waals surface area contributed by atoms with Crippen molar-refractivity contribution < 1.29 is 22.0 Å². The van der Waals surface area contributed by atoms with E-state index in [9.17, 15) is 22.0 Å². The number of rotatable bonds is 3. The van der Waals surface area contributed by atoms with Crippen LogP contribution in [0.1, 0.15) is 20.8 Å². The molecule has 0 aliphatic heterocycles. The van der Waals surface area contributed by atoms with Crippen LogP contribution < -0.4 is 15.8 Å². The molecule has 2 rings (SSSR count). The molecule has 0 bridgehead atoms. The van der Waals surface area contributed by atoms with Crippen molar-refractivity contribution in [2.24, 2.45) is 0 Å². The van der Waals surface area contributed by atoms with Crippen molar-refractivity contribution in [2.45, 2.75) is 26.3 Å².